The molecular weight excluding hydrogens is 665 g/mol. The van der Waals surface area contributed by atoms with Gasteiger partial charge in [-0.05, 0) is 63.4 Å². The quantitative estimate of drug-likeness (QED) is 0.101. The first-order valence-corrected chi connectivity index (χ1v) is 19.2. The molecule has 270 valence electrons. The Labute approximate surface area is 300 Å². The molecule has 0 amide bonds. The Balaban J connectivity index is 1.61. The molecule has 1 aromatic heterocycles. The average molecular weight is 715 g/mol. The highest BCUT2D eigenvalue weighted by atomic mass is 31.2. The average Bonchev–Trinajstić information content (AvgIpc) is 3.51. The first-order valence-electron chi connectivity index (χ1n) is 17.4. The summed E-state index contributed by atoms with van der Waals surface area (Å²) in [7, 11) is -1.71. The van der Waals surface area contributed by atoms with Gasteiger partial charge in [0.1, 0.15) is 30.3 Å². The van der Waals surface area contributed by atoms with E-state index in [1.54, 1.807) is 14.0 Å². The smallest absolute Gasteiger partial charge is 0.347 e. The maximum Gasteiger partial charge on any atom is 0.347 e. The number of hydrogen-bond donors (Lipinski definition) is 3. The van der Waals surface area contributed by atoms with Gasteiger partial charge in [0.2, 0.25) is 0 Å². The van der Waals surface area contributed by atoms with Gasteiger partial charge in [-0.2, -0.15) is 9.79 Å². The van der Waals surface area contributed by atoms with E-state index >= 15 is 0 Å². The zero-order valence-electron chi connectivity index (χ0n) is 30.2. The van der Waals surface area contributed by atoms with Crippen LogP contribution in [-0.2, 0) is 14.8 Å². The standard InChI is InChI=1S/C39H48N5O6P/c1-27(2)44(28(3)4)51(47,23-13-22-40)50-34-24-36(43-26-29(5)37(45)42-38(43)46)49-35(34)25-41-39(30-14-9-7-10-15-30,31-16-11-8-12-17-31)32-18-20-33(48-6)21-19-32/h7-12,14-21,26-28,34-36,41,47H,13,23-25H2,1-6H3/p+1/t34-,35+,36+,51?/m0/s1. The highest BCUT2D eigenvalue weighted by Gasteiger charge is 2.54. The predicted octanol–water partition coefficient (Wildman–Crippen LogP) is 5.90. The van der Waals surface area contributed by atoms with Crippen molar-refractivity contribution in [2.75, 3.05) is 19.8 Å². The molecule has 0 bridgehead atoms. The van der Waals surface area contributed by atoms with E-state index in [1.165, 1.54) is 10.8 Å². The summed E-state index contributed by atoms with van der Waals surface area (Å²) in [4.78, 5) is 40.1. The van der Waals surface area contributed by atoms with Crippen molar-refractivity contribution in [2.24, 2.45) is 0 Å². The van der Waals surface area contributed by atoms with Gasteiger partial charge in [-0.3, -0.25) is 19.7 Å². The summed E-state index contributed by atoms with van der Waals surface area (Å²) in [6.07, 6.45) is -0.135. The fraction of sp³-hybridized carbons (Fsp3) is 0.410. The highest BCUT2D eigenvalue weighted by molar-refractivity contribution is 7.63. The SMILES string of the molecule is COc1ccc(C(NC[C@H]2O[C@@H](n3cc(C)c(=O)[nH]c3=O)C[C@@H]2O[P+](O)(CCC#N)N(C(C)C)C(C)C)(c2ccccc2)c2ccccc2)cc1. The van der Waals surface area contributed by atoms with Crippen molar-refractivity contribution in [3.05, 3.63) is 134 Å². The molecule has 4 atom stereocenters. The zero-order chi connectivity index (χ0) is 36.8. The van der Waals surface area contributed by atoms with Gasteiger partial charge in [0, 0.05) is 36.8 Å². The van der Waals surface area contributed by atoms with Gasteiger partial charge < -0.3 is 9.47 Å². The number of nitrogens with zero attached hydrogens (tertiary/aromatic N) is 3. The topological polar surface area (TPSA) is 142 Å². The number of rotatable bonds is 15. The van der Waals surface area contributed by atoms with Crippen LogP contribution in [0.25, 0.3) is 0 Å². The van der Waals surface area contributed by atoms with Crippen LogP contribution in [0.1, 0.15) is 69.0 Å². The van der Waals surface area contributed by atoms with Crippen LogP contribution in [0.5, 0.6) is 5.75 Å². The Hall–Kier alpha value is -4.14. The Morgan fingerprint density at radius 2 is 1.57 bits per heavy atom. The number of ether oxygens (including phenoxy) is 2. The molecule has 4 aromatic rings. The van der Waals surface area contributed by atoms with Crippen molar-refractivity contribution in [3.8, 4) is 11.8 Å². The Kier molecular flexibility index (Phi) is 12.3. The van der Waals surface area contributed by atoms with Crippen LogP contribution in [0, 0.1) is 18.3 Å². The van der Waals surface area contributed by atoms with Gasteiger partial charge in [-0.1, -0.05) is 72.8 Å². The lowest BCUT2D eigenvalue weighted by atomic mass is 9.77. The number of nitriles is 1. The second-order valence-electron chi connectivity index (χ2n) is 13.4. The lowest BCUT2D eigenvalue weighted by molar-refractivity contribution is -0.0201. The second-order valence-corrected chi connectivity index (χ2v) is 15.9. The molecule has 5 rings (SSSR count). The van der Waals surface area contributed by atoms with Crippen molar-refractivity contribution < 1.29 is 18.9 Å². The third-order valence-electron chi connectivity index (χ3n) is 9.38. The zero-order valence-corrected chi connectivity index (χ0v) is 31.0. The number of nitrogens with one attached hydrogen (secondary N) is 2. The molecule has 1 saturated heterocycles. The molecule has 1 aliphatic rings. The number of aryl methyl sites for hydroxylation is 1. The maximum atomic E-state index is 13.1. The van der Waals surface area contributed by atoms with Crippen molar-refractivity contribution >= 4 is 7.87 Å². The van der Waals surface area contributed by atoms with E-state index in [0.29, 0.717) is 5.56 Å². The summed E-state index contributed by atoms with van der Waals surface area (Å²) >= 11 is 0. The number of H-pyrrole nitrogens is 1. The lowest BCUT2D eigenvalue weighted by Gasteiger charge is -2.39. The number of benzene rings is 3. The van der Waals surface area contributed by atoms with Gasteiger partial charge in [0.25, 0.3) is 5.56 Å². The van der Waals surface area contributed by atoms with E-state index in [0.717, 1.165) is 22.4 Å². The van der Waals surface area contributed by atoms with Crippen molar-refractivity contribution in [2.45, 2.75) is 83.5 Å². The maximum absolute atomic E-state index is 13.1. The first-order chi connectivity index (χ1) is 24.4. The molecule has 12 heteroatoms. The molecule has 1 fully saturated rings. The molecule has 3 aromatic carbocycles. The van der Waals surface area contributed by atoms with Crippen LogP contribution in [0.4, 0.5) is 0 Å². The van der Waals surface area contributed by atoms with E-state index in [9.17, 15) is 19.7 Å². The molecule has 2 heterocycles. The van der Waals surface area contributed by atoms with Crippen LogP contribution >= 0.6 is 7.87 Å². The summed E-state index contributed by atoms with van der Waals surface area (Å²) in [6.45, 7) is 9.88. The number of hydrogen-bond acceptors (Lipinski definition) is 9. The molecule has 0 aliphatic carbocycles. The van der Waals surface area contributed by atoms with Crippen LogP contribution in [0.15, 0.2) is 101 Å². The summed E-state index contributed by atoms with van der Waals surface area (Å²) in [5, 5.41) is 13.5. The summed E-state index contributed by atoms with van der Waals surface area (Å²) in [6, 6.07) is 30.3. The monoisotopic (exact) mass is 714 g/mol. The number of aromatic nitrogens is 2. The van der Waals surface area contributed by atoms with Gasteiger partial charge in [0.05, 0.1) is 25.1 Å². The molecule has 0 saturated carbocycles. The molecule has 3 N–H and O–H groups in total. The van der Waals surface area contributed by atoms with Gasteiger partial charge >= 0.3 is 13.6 Å². The van der Waals surface area contributed by atoms with Crippen LogP contribution in [0.2, 0.25) is 0 Å². The molecule has 1 aliphatic heterocycles. The van der Waals surface area contributed by atoms with E-state index in [1.807, 2.05) is 93.0 Å². The fourth-order valence-electron chi connectivity index (χ4n) is 7.20. The Bertz CT molecular complexity index is 1850. The molecule has 1 unspecified atom stereocenters. The van der Waals surface area contributed by atoms with Crippen LogP contribution in [0.3, 0.4) is 0 Å². The van der Waals surface area contributed by atoms with Gasteiger partial charge in [0.15, 0.2) is 0 Å². The third kappa shape index (κ3) is 8.18. The first kappa shape index (κ1) is 38.1. The summed E-state index contributed by atoms with van der Waals surface area (Å²) < 4.78 is 22.4. The summed E-state index contributed by atoms with van der Waals surface area (Å²) in [5.74, 6) is 0.728. The van der Waals surface area contributed by atoms with E-state index in [2.05, 4.69) is 40.6 Å². The Morgan fingerprint density at radius 1 is 1.00 bits per heavy atom. The predicted molar refractivity (Wildman–Crippen MR) is 200 cm³/mol. The van der Waals surface area contributed by atoms with Crippen molar-refractivity contribution in [1.82, 2.24) is 19.5 Å². The van der Waals surface area contributed by atoms with Gasteiger partial charge in [-0.25, -0.2) is 9.69 Å². The lowest BCUT2D eigenvalue weighted by Crippen LogP contribution is -2.49. The highest BCUT2D eigenvalue weighted by Crippen LogP contribution is 2.63. The Morgan fingerprint density at radius 3 is 2.10 bits per heavy atom. The third-order valence-corrected chi connectivity index (χ3v) is 12.4. The molecular formula is C39H49N5O6P+. The van der Waals surface area contributed by atoms with Crippen LogP contribution < -0.4 is 21.3 Å². The van der Waals surface area contributed by atoms with Crippen molar-refractivity contribution in [1.29, 1.82) is 5.26 Å². The van der Waals surface area contributed by atoms with Gasteiger partial charge in [-0.15, -0.1) is 4.67 Å². The molecule has 51 heavy (non-hydrogen) atoms. The largest absolute Gasteiger partial charge is 0.497 e. The molecule has 0 spiro atoms. The van der Waals surface area contributed by atoms with E-state index in [4.69, 9.17) is 14.0 Å². The normalized spacial score (nSPS) is 19.0. The minimum absolute atomic E-state index is 0.0694. The summed E-state index contributed by atoms with van der Waals surface area (Å²) in [5.41, 5.74) is 1.40. The second kappa shape index (κ2) is 16.5. The van der Waals surface area contributed by atoms with E-state index in [-0.39, 0.29) is 37.6 Å². The number of aromatic amines is 1. The number of methoxy groups -OCH3 is 1. The van der Waals surface area contributed by atoms with Crippen LogP contribution in [-0.4, -0.2) is 63.2 Å². The minimum Gasteiger partial charge on any atom is -0.497 e. The van der Waals surface area contributed by atoms with E-state index < -0.39 is 43.1 Å². The minimum atomic E-state index is -3.35. The van der Waals surface area contributed by atoms with Crippen molar-refractivity contribution in [3.63, 3.8) is 0 Å². The fourth-order valence-corrected chi connectivity index (χ4v) is 10.1. The molecule has 11 nitrogen and oxygen atoms in total. The molecule has 0 radical (unpaired) electrons.